The summed E-state index contributed by atoms with van der Waals surface area (Å²) in [6.07, 6.45) is 5.09. The van der Waals surface area contributed by atoms with Gasteiger partial charge in [0.05, 0.1) is 25.1 Å². The van der Waals surface area contributed by atoms with E-state index in [0.29, 0.717) is 13.2 Å². The maximum atomic E-state index is 10.4. The summed E-state index contributed by atoms with van der Waals surface area (Å²) < 4.78 is 13.1. The number of hydrogen-bond donors (Lipinski definition) is 2. The average molecular weight is 381 g/mol. The van der Waals surface area contributed by atoms with Crippen molar-refractivity contribution in [1.29, 1.82) is 0 Å². The lowest BCUT2D eigenvalue weighted by molar-refractivity contribution is -0.911. The van der Waals surface area contributed by atoms with Crippen LogP contribution in [0, 0.1) is 0 Å². The molecular weight excluding hydrogens is 352 g/mol. The number of furan rings is 1. The first-order valence-electron chi connectivity index (χ1n) is 9.65. The van der Waals surface area contributed by atoms with Crippen molar-refractivity contribution in [3.05, 3.63) is 96.7 Å². The van der Waals surface area contributed by atoms with E-state index in [1.807, 2.05) is 24.3 Å². The highest BCUT2D eigenvalue weighted by Crippen LogP contribution is 2.07. The third kappa shape index (κ3) is 6.23. The number of benzene rings is 1. The minimum absolute atomic E-state index is 0.284. The van der Waals surface area contributed by atoms with Gasteiger partial charge < -0.3 is 23.7 Å². The Morgan fingerprint density at radius 1 is 1.14 bits per heavy atom. The standard InChI is InChI=1S/C23H28N2O3/c1-2-12-24(17-22(26)18-27-19-23-11-7-14-28-23)16-21-10-6-13-25(21)15-20-8-4-3-5-9-20/h2-11,13-14,22,26H,1,12,15-19H2/p+1/t22-/m0/s1. The second kappa shape index (κ2) is 10.7. The van der Waals surface area contributed by atoms with Crippen LogP contribution in [0.4, 0.5) is 0 Å². The molecule has 0 amide bonds. The van der Waals surface area contributed by atoms with E-state index in [2.05, 4.69) is 53.7 Å². The number of nitrogens with zero attached hydrogens (tertiary/aromatic N) is 1. The van der Waals surface area contributed by atoms with Gasteiger partial charge in [-0.25, -0.2) is 0 Å². The fourth-order valence-electron chi connectivity index (χ4n) is 3.31. The normalized spacial score (nSPS) is 13.3. The number of aliphatic hydroxyl groups is 1. The van der Waals surface area contributed by atoms with Crippen LogP contribution in [0.2, 0.25) is 0 Å². The van der Waals surface area contributed by atoms with Gasteiger partial charge >= 0.3 is 0 Å². The number of nitrogens with one attached hydrogen (secondary N) is 1. The molecule has 0 saturated carbocycles. The van der Waals surface area contributed by atoms with E-state index in [1.54, 1.807) is 6.26 Å². The van der Waals surface area contributed by atoms with Gasteiger partial charge in [-0.2, -0.15) is 0 Å². The van der Waals surface area contributed by atoms with Gasteiger partial charge in [-0.3, -0.25) is 0 Å². The Bertz CT molecular complexity index is 812. The molecular formula is C23H29N2O3+. The molecule has 0 aliphatic rings. The molecule has 3 aromatic rings. The zero-order valence-electron chi connectivity index (χ0n) is 16.2. The molecule has 1 unspecified atom stereocenters. The van der Waals surface area contributed by atoms with E-state index < -0.39 is 6.10 Å². The molecule has 2 atom stereocenters. The molecule has 2 aromatic heterocycles. The lowest BCUT2D eigenvalue weighted by atomic mass is 10.2. The Labute approximate surface area is 166 Å². The second-order valence-corrected chi connectivity index (χ2v) is 6.99. The zero-order valence-corrected chi connectivity index (χ0v) is 16.2. The van der Waals surface area contributed by atoms with Crippen molar-refractivity contribution < 1.29 is 19.2 Å². The average Bonchev–Trinajstić information content (AvgIpc) is 3.35. The fraction of sp³-hybridized carbons (Fsp3) is 0.304. The summed E-state index contributed by atoms with van der Waals surface area (Å²) in [4.78, 5) is 1.25. The van der Waals surface area contributed by atoms with Crippen molar-refractivity contribution in [2.45, 2.75) is 25.8 Å². The molecule has 5 heteroatoms. The molecule has 2 heterocycles. The van der Waals surface area contributed by atoms with Crippen LogP contribution >= 0.6 is 0 Å². The van der Waals surface area contributed by atoms with Gasteiger partial charge in [0.15, 0.2) is 0 Å². The van der Waals surface area contributed by atoms with Crippen LogP contribution in [0.5, 0.6) is 0 Å². The molecule has 1 aromatic carbocycles. The maximum Gasteiger partial charge on any atom is 0.129 e. The summed E-state index contributed by atoms with van der Waals surface area (Å²) in [6.45, 7) is 7.58. The molecule has 0 bridgehead atoms. The molecule has 0 aliphatic carbocycles. The van der Waals surface area contributed by atoms with E-state index in [1.165, 1.54) is 16.2 Å². The van der Waals surface area contributed by atoms with Gasteiger partial charge in [-0.05, 0) is 35.9 Å². The van der Waals surface area contributed by atoms with Gasteiger partial charge in [0.25, 0.3) is 0 Å². The highest BCUT2D eigenvalue weighted by Gasteiger charge is 2.17. The van der Waals surface area contributed by atoms with E-state index in [4.69, 9.17) is 9.15 Å². The van der Waals surface area contributed by atoms with Gasteiger partial charge in [-0.15, -0.1) is 0 Å². The van der Waals surface area contributed by atoms with Crippen molar-refractivity contribution in [1.82, 2.24) is 4.57 Å². The number of aromatic nitrogens is 1. The molecule has 0 spiro atoms. The van der Waals surface area contributed by atoms with Crippen molar-refractivity contribution >= 4 is 0 Å². The Hall–Kier alpha value is -2.60. The number of ether oxygens (including phenoxy) is 1. The van der Waals surface area contributed by atoms with Crippen molar-refractivity contribution in [3.63, 3.8) is 0 Å². The van der Waals surface area contributed by atoms with Crippen molar-refractivity contribution in [2.24, 2.45) is 0 Å². The van der Waals surface area contributed by atoms with Crippen molar-refractivity contribution in [3.8, 4) is 0 Å². The van der Waals surface area contributed by atoms with Gasteiger partial charge in [0.2, 0.25) is 0 Å². The quantitative estimate of drug-likeness (QED) is 0.473. The number of aliphatic hydroxyl groups excluding tert-OH is 1. The summed E-state index contributed by atoms with van der Waals surface area (Å²) in [5.41, 5.74) is 2.51. The van der Waals surface area contributed by atoms with Gasteiger partial charge in [0.1, 0.15) is 31.6 Å². The molecule has 0 fully saturated rings. The van der Waals surface area contributed by atoms with E-state index in [9.17, 15) is 5.11 Å². The smallest absolute Gasteiger partial charge is 0.129 e. The summed E-state index contributed by atoms with van der Waals surface area (Å²) >= 11 is 0. The first-order chi connectivity index (χ1) is 13.7. The number of rotatable bonds is 12. The minimum Gasteiger partial charge on any atom is -0.467 e. The molecule has 0 aliphatic heterocycles. The summed E-state index contributed by atoms with van der Waals surface area (Å²) in [5.74, 6) is 0.765. The van der Waals surface area contributed by atoms with Crippen LogP contribution < -0.4 is 4.90 Å². The first kappa shape index (κ1) is 20.1. The topological polar surface area (TPSA) is 52.0 Å². The molecule has 28 heavy (non-hydrogen) atoms. The lowest BCUT2D eigenvalue weighted by Crippen LogP contribution is -3.11. The first-order valence-corrected chi connectivity index (χ1v) is 9.65. The van der Waals surface area contributed by atoms with E-state index >= 15 is 0 Å². The van der Waals surface area contributed by atoms with Crippen LogP contribution in [-0.4, -0.2) is 35.5 Å². The predicted molar refractivity (Wildman–Crippen MR) is 109 cm³/mol. The van der Waals surface area contributed by atoms with Gasteiger partial charge in [0, 0.05) is 12.7 Å². The second-order valence-electron chi connectivity index (χ2n) is 6.99. The Morgan fingerprint density at radius 3 is 2.75 bits per heavy atom. The molecule has 0 saturated heterocycles. The Morgan fingerprint density at radius 2 is 2.00 bits per heavy atom. The van der Waals surface area contributed by atoms with E-state index in [-0.39, 0.29) is 6.61 Å². The lowest BCUT2D eigenvalue weighted by Gasteiger charge is -2.22. The highest BCUT2D eigenvalue weighted by atomic mass is 16.5. The van der Waals surface area contributed by atoms with Gasteiger partial charge in [-0.1, -0.05) is 36.9 Å². The fourth-order valence-corrected chi connectivity index (χ4v) is 3.31. The highest BCUT2D eigenvalue weighted by molar-refractivity contribution is 5.17. The SMILES string of the molecule is C=CC[NH+](Cc1cccn1Cc1ccccc1)C[C@H](O)COCc1ccco1. The third-order valence-corrected chi connectivity index (χ3v) is 4.64. The minimum atomic E-state index is -0.539. The number of hydrogen-bond acceptors (Lipinski definition) is 3. The van der Waals surface area contributed by atoms with Crippen molar-refractivity contribution in [2.75, 3.05) is 19.7 Å². The molecule has 0 radical (unpaired) electrons. The molecule has 2 N–H and O–H groups in total. The van der Waals surface area contributed by atoms with Crippen LogP contribution in [0.25, 0.3) is 0 Å². The zero-order chi connectivity index (χ0) is 19.6. The summed E-state index contributed by atoms with van der Waals surface area (Å²) in [7, 11) is 0. The Kier molecular flexibility index (Phi) is 7.67. The third-order valence-electron chi connectivity index (χ3n) is 4.64. The predicted octanol–water partition coefficient (Wildman–Crippen LogP) is 2.28. The molecule has 148 valence electrons. The number of quaternary nitrogens is 1. The summed E-state index contributed by atoms with van der Waals surface area (Å²) in [6, 6.07) is 18.3. The largest absolute Gasteiger partial charge is 0.467 e. The molecule has 3 rings (SSSR count). The van der Waals surface area contributed by atoms with Crippen LogP contribution in [0.1, 0.15) is 17.0 Å². The van der Waals surface area contributed by atoms with Crippen LogP contribution in [-0.2, 0) is 24.4 Å². The monoisotopic (exact) mass is 381 g/mol. The molecule has 5 nitrogen and oxygen atoms in total. The van der Waals surface area contributed by atoms with Crippen LogP contribution in [0.15, 0.2) is 84.1 Å². The van der Waals surface area contributed by atoms with E-state index in [0.717, 1.165) is 25.4 Å². The summed E-state index contributed by atoms with van der Waals surface area (Å²) in [5, 5.41) is 10.4. The maximum absolute atomic E-state index is 10.4. The van der Waals surface area contributed by atoms with Crippen LogP contribution in [0.3, 0.4) is 0 Å². The Balaban J connectivity index is 1.52.